The highest BCUT2D eigenvalue weighted by Gasteiger charge is 2.36. The second-order valence-corrected chi connectivity index (χ2v) is 8.03. The Hall–Kier alpha value is -3.43. The molecule has 1 N–H and O–H groups in total. The number of anilines is 1. The standard InChI is InChI=1S/C23H22ClFN4O4/c1-27-19(31)14-28(10-3-11-30)22(32)20-21(27)26-23(33-18-5-2-4-17(25)12-18)29(20)13-15-6-8-16(24)9-7-15/h2,4-9,12,30H,3,10-11,13-14H2,1H3. The lowest BCUT2D eigenvalue weighted by Gasteiger charge is -2.20. The first-order chi connectivity index (χ1) is 15.9. The van der Waals surface area contributed by atoms with Crippen molar-refractivity contribution in [3.8, 4) is 11.8 Å². The zero-order valence-electron chi connectivity index (χ0n) is 17.9. The number of halogens is 2. The van der Waals surface area contributed by atoms with Gasteiger partial charge in [-0.2, -0.15) is 4.98 Å². The van der Waals surface area contributed by atoms with Crippen molar-refractivity contribution in [2.24, 2.45) is 0 Å². The van der Waals surface area contributed by atoms with Crippen LogP contribution in [0.3, 0.4) is 0 Å². The Kier molecular flexibility index (Phi) is 6.62. The van der Waals surface area contributed by atoms with Crippen LogP contribution in [0.1, 0.15) is 22.5 Å². The van der Waals surface area contributed by atoms with E-state index in [0.717, 1.165) is 5.56 Å². The first-order valence-electron chi connectivity index (χ1n) is 10.3. The minimum absolute atomic E-state index is 0.0394. The van der Waals surface area contributed by atoms with Gasteiger partial charge >= 0.3 is 6.01 Å². The molecule has 0 spiro atoms. The molecule has 0 saturated heterocycles. The first kappa shape index (κ1) is 22.8. The van der Waals surface area contributed by atoms with Gasteiger partial charge in [-0.15, -0.1) is 0 Å². The van der Waals surface area contributed by atoms with Crippen LogP contribution in [0.4, 0.5) is 10.2 Å². The van der Waals surface area contributed by atoms with Crippen molar-refractivity contribution in [3.05, 3.63) is 70.6 Å². The fraction of sp³-hybridized carbons (Fsp3) is 0.261. The highest BCUT2D eigenvalue weighted by Crippen LogP contribution is 2.32. The molecule has 8 nitrogen and oxygen atoms in total. The fourth-order valence-corrected chi connectivity index (χ4v) is 3.68. The van der Waals surface area contributed by atoms with E-state index in [0.29, 0.717) is 11.4 Å². The molecule has 3 aromatic rings. The lowest BCUT2D eigenvalue weighted by Crippen LogP contribution is -2.39. The van der Waals surface area contributed by atoms with Crippen molar-refractivity contribution in [1.29, 1.82) is 0 Å². The number of imidazole rings is 1. The van der Waals surface area contributed by atoms with E-state index in [4.69, 9.17) is 16.3 Å². The molecule has 0 radical (unpaired) electrons. The topological polar surface area (TPSA) is 87.9 Å². The molecule has 0 aliphatic carbocycles. The Balaban J connectivity index is 1.83. The third kappa shape index (κ3) is 4.84. The molecule has 2 heterocycles. The number of benzene rings is 2. The van der Waals surface area contributed by atoms with Crippen LogP contribution in [0.25, 0.3) is 0 Å². The number of fused-ring (bicyclic) bond motifs is 1. The summed E-state index contributed by atoms with van der Waals surface area (Å²) in [6.07, 6.45) is 0.329. The maximum atomic E-state index is 13.7. The van der Waals surface area contributed by atoms with Crippen LogP contribution in [0.5, 0.6) is 11.8 Å². The number of carbonyl (C=O) groups is 2. The molecule has 2 amide bonds. The number of aliphatic hydroxyl groups excluding tert-OH is 1. The SMILES string of the molecule is CN1C(=O)CN(CCCO)C(=O)c2c1nc(Oc1cccc(F)c1)n2Cc1ccc(Cl)cc1. The number of aromatic nitrogens is 2. The third-order valence-electron chi connectivity index (χ3n) is 5.27. The van der Waals surface area contributed by atoms with Gasteiger partial charge in [0.2, 0.25) is 5.91 Å². The summed E-state index contributed by atoms with van der Waals surface area (Å²) in [7, 11) is 1.54. The molecular weight excluding hydrogens is 451 g/mol. The number of aliphatic hydroxyl groups is 1. The van der Waals surface area contributed by atoms with Gasteiger partial charge in [-0.05, 0) is 36.2 Å². The predicted octanol–water partition coefficient (Wildman–Crippen LogP) is 3.32. The first-order valence-corrected chi connectivity index (χ1v) is 10.7. The van der Waals surface area contributed by atoms with Gasteiger partial charge in [0.15, 0.2) is 11.5 Å². The minimum Gasteiger partial charge on any atom is -0.425 e. The van der Waals surface area contributed by atoms with Gasteiger partial charge in [0.1, 0.15) is 18.1 Å². The van der Waals surface area contributed by atoms with Crippen LogP contribution in [0.15, 0.2) is 48.5 Å². The quantitative estimate of drug-likeness (QED) is 0.570. The zero-order valence-corrected chi connectivity index (χ0v) is 18.6. The highest BCUT2D eigenvalue weighted by molar-refractivity contribution is 6.30. The molecule has 2 aromatic carbocycles. The number of hydrogen-bond acceptors (Lipinski definition) is 5. The summed E-state index contributed by atoms with van der Waals surface area (Å²) in [6.45, 7) is 0.164. The monoisotopic (exact) mass is 472 g/mol. The van der Waals surface area contributed by atoms with Gasteiger partial charge in [0.25, 0.3) is 5.91 Å². The molecular formula is C23H22ClFN4O4. The minimum atomic E-state index is -0.483. The lowest BCUT2D eigenvalue weighted by molar-refractivity contribution is -0.118. The van der Waals surface area contributed by atoms with Gasteiger partial charge in [-0.1, -0.05) is 29.8 Å². The summed E-state index contributed by atoms with van der Waals surface area (Å²) in [5.41, 5.74) is 0.985. The second kappa shape index (κ2) is 9.60. The van der Waals surface area contributed by atoms with E-state index in [-0.39, 0.29) is 55.4 Å². The van der Waals surface area contributed by atoms with Gasteiger partial charge in [0.05, 0.1) is 6.54 Å². The Morgan fingerprint density at radius 3 is 2.64 bits per heavy atom. The molecule has 0 atom stereocenters. The van der Waals surface area contributed by atoms with E-state index in [9.17, 15) is 19.1 Å². The van der Waals surface area contributed by atoms with Crippen LogP contribution >= 0.6 is 11.6 Å². The van der Waals surface area contributed by atoms with Crippen LogP contribution in [0, 0.1) is 5.82 Å². The second-order valence-electron chi connectivity index (χ2n) is 7.60. The average molecular weight is 473 g/mol. The molecule has 0 saturated carbocycles. The van der Waals surface area contributed by atoms with Crippen molar-refractivity contribution in [2.75, 3.05) is 31.6 Å². The van der Waals surface area contributed by atoms with E-state index in [2.05, 4.69) is 4.98 Å². The highest BCUT2D eigenvalue weighted by atomic mass is 35.5. The van der Waals surface area contributed by atoms with Gasteiger partial charge in [-0.25, -0.2) is 4.39 Å². The maximum Gasteiger partial charge on any atom is 0.304 e. The summed E-state index contributed by atoms with van der Waals surface area (Å²) >= 11 is 6.01. The van der Waals surface area contributed by atoms with Crippen molar-refractivity contribution in [1.82, 2.24) is 14.5 Å². The molecule has 1 aliphatic rings. The van der Waals surface area contributed by atoms with Gasteiger partial charge < -0.3 is 14.7 Å². The van der Waals surface area contributed by atoms with Gasteiger partial charge in [-0.3, -0.25) is 19.1 Å². The summed E-state index contributed by atoms with van der Waals surface area (Å²) in [4.78, 5) is 33.4. The summed E-state index contributed by atoms with van der Waals surface area (Å²) < 4.78 is 21.2. The molecule has 1 aromatic heterocycles. The number of nitrogens with zero attached hydrogens (tertiary/aromatic N) is 4. The van der Waals surface area contributed by atoms with E-state index in [1.807, 2.05) is 0 Å². The molecule has 0 fully saturated rings. The van der Waals surface area contributed by atoms with Crippen molar-refractivity contribution in [3.63, 3.8) is 0 Å². The largest absolute Gasteiger partial charge is 0.425 e. The number of ether oxygens (including phenoxy) is 1. The van der Waals surface area contributed by atoms with Crippen LogP contribution < -0.4 is 9.64 Å². The van der Waals surface area contributed by atoms with Crippen molar-refractivity contribution in [2.45, 2.75) is 13.0 Å². The Bertz CT molecular complexity index is 1180. The number of carbonyl (C=O) groups excluding carboxylic acids is 2. The number of hydrogen-bond donors (Lipinski definition) is 1. The molecule has 4 rings (SSSR count). The fourth-order valence-electron chi connectivity index (χ4n) is 3.55. The predicted molar refractivity (Wildman–Crippen MR) is 120 cm³/mol. The van der Waals surface area contributed by atoms with Crippen LogP contribution in [-0.2, 0) is 11.3 Å². The molecule has 10 heteroatoms. The van der Waals surface area contributed by atoms with E-state index in [1.165, 1.54) is 35.0 Å². The van der Waals surface area contributed by atoms with E-state index < -0.39 is 11.7 Å². The molecule has 0 bridgehead atoms. The normalized spacial score (nSPS) is 13.8. The van der Waals surface area contributed by atoms with Crippen molar-refractivity contribution < 1.29 is 23.8 Å². The molecule has 172 valence electrons. The molecule has 0 unspecified atom stereocenters. The summed E-state index contributed by atoms with van der Waals surface area (Å²) in [6, 6.07) is 12.7. The Morgan fingerprint density at radius 1 is 1.18 bits per heavy atom. The summed E-state index contributed by atoms with van der Waals surface area (Å²) in [5.74, 6) is -0.869. The smallest absolute Gasteiger partial charge is 0.304 e. The number of rotatable bonds is 7. The zero-order chi connectivity index (χ0) is 23.5. The maximum absolute atomic E-state index is 13.7. The number of amides is 2. The average Bonchev–Trinajstić information content (AvgIpc) is 3.10. The lowest BCUT2D eigenvalue weighted by atomic mass is 10.2. The third-order valence-corrected chi connectivity index (χ3v) is 5.52. The molecule has 33 heavy (non-hydrogen) atoms. The van der Waals surface area contributed by atoms with Crippen LogP contribution in [0.2, 0.25) is 5.02 Å². The molecule has 1 aliphatic heterocycles. The summed E-state index contributed by atoms with van der Waals surface area (Å²) in [5, 5.41) is 9.78. The van der Waals surface area contributed by atoms with Gasteiger partial charge in [0, 0.05) is 31.3 Å². The van der Waals surface area contributed by atoms with E-state index >= 15 is 0 Å². The number of likely N-dealkylation sites (N-methyl/N-ethyl adjacent to an activating group) is 1. The van der Waals surface area contributed by atoms with E-state index in [1.54, 1.807) is 34.9 Å². The van der Waals surface area contributed by atoms with Crippen LogP contribution in [-0.4, -0.2) is 58.1 Å². The Morgan fingerprint density at radius 2 is 1.94 bits per heavy atom. The Labute approximate surface area is 194 Å². The van der Waals surface area contributed by atoms with Crippen molar-refractivity contribution >= 4 is 29.2 Å².